The normalized spacial score (nSPS) is 15.7. The van der Waals surface area contributed by atoms with E-state index in [1.54, 1.807) is 23.2 Å². The smallest absolute Gasteiger partial charge is 0.254 e. The van der Waals surface area contributed by atoms with Gasteiger partial charge in [0.05, 0.1) is 30.8 Å². The fourth-order valence-corrected chi connectivity index (χ4v) is 3.67. The molecule has 30 heavy (non-hydrogen) atoms. The Hall–Kier alpha value is -2.48. The number of aromatic nitrogens is 1. The van der Waals surface area contributed by atoms with Crippen molar-refractivity contribution in [2.24, 2.45) is 0 Å². The highest BCUT2D eigenvalue weighted by Crippen LogP contribution is 2.39. The van der Waals surface area contributed by atoms with Crippen molar-refractivity contribution in [3.63, 3.8) is 0 Å². The third-order valence-corrected chi connectivity index (χ3v) is 5.19. The van der Waals surface area contributed by atoms with Crippen LogP contribution in [0.15, 0.2) is 34.9 Å². The van der Waals surface area contributed by atoms with E-state index in [-0.39, 0.29) is 12.0 Å². The molecular weight excluding hydrogens is 452 g/mol. The maximum Gasteiger partial charge on any atom is 0.254 e. The van der Waals surface area contributed by atoms with Crippen LogP contribution in [0.5, 0.6) is 23.1 Å². The van der Waals surface area contributed by atoms with Gasteiger partial charge >= 0.3 is 0 Å². The summed E-state index contributed by atoms with van der Waals surface area (Å²) in [6.07, 6.45) is 2.31. The third-order valence-electron chi connectivity index (χ3n) is 4.59. The molecule has 1 atom stereocenters. The third kappa shape index (κ3) is 5.16. The van der Waals surface area contributed by atoms with Crippen molar-refractivity contribution in [2.45, 2.75) is 33.3 Å². The molecule has 1 aliphatic heterocycles. The summed E-state index contributed by atoms with van der Waals surface area (Å²) >= 11 is 3.44. The molecule has 7 nitrogen and oxygen atoms in total. The molecule has 3 rings (SSSR count). The summed E-state index contributed by atoms with van der Waals surface area (Å²) in [4.78, 5) is 19.2. The predicted molar refractivity (Wildman–Crippen MR) is 117 cm³/mol. The summed E-state index contributed by atoms with van der Waals surface area (Å²) in [6.45, 7) is 8.17. The number of carbonyl (C=O) groups excluding carboxylic acids is 1. The number of hydrogen-bond donors (Lipinski definition) is 0. The molecule has 1 saturated heterocycles. The van der Waals surface area contributed by atoms with Crippen LogP contribution in [-0.4, -0.2) is 54.8 Å². The maximum atomic E-state index is 13.2. The zero-order valence-corrected chi connectivity index (χ0v) is 19.1. The van der Waals surface area contributed by atoms with E-state index < -0.39 is 0 Å². The molecule has 162 valence electrons. The van der Waals surface area contributed by atoms with Crippen LogP contribution in [-0.2, 0) is 0 Å². The number of pyridine rings is 1. The summed E-state index contributed by atoms with van der Waals surface area (Å²) < 4.78 is 24.0. The number of ether oxygens (including phenoxy) is 4. The number of amides is 1. The lowest BCUT2D eigenvalue weighted by molar-refractivity contribution is 0.0770. The highest BCUT2D eigenvalue weighted by molar-refractivity contribution is 9.10. The van der Waals surface area contributed by atoms with Crippen molar-refractivity contribution in [1.82, 2.24) is 9.88 Å². The van der Waals surface area contributed by atoms with E-state index in [9.17, 15) is 4.79 Å². The van der Waals surface area contributed by atoms with Gasteiger partial charge in [-0.3, -0.25) is 4.79 Å². The fraction of sp³-hybridized carbons (Fsp3) is 0.455. The highest BCUT2D eigenvalue weighted by Gasteiger charge is 2.30. The van der Waals surface area contributed by atoms with Crippen molar-refractivity contribution in [1.29, 1.82) is 0 Å². The van der Waals surface area contributed by atoms with Crippen molar-refractivity contribution < 1.29 is 23.7 Å². The van der Waals surface area contributed by atoms with Gasteiger partial charge in [-0.05, 0) is 61.0 Å². The topological polar surface area (TPSA) is 70.1 Å². The molecular formula is C22H27BrN2O5. The van der Waals surface area contributed by atoms with Crippen molar-refractivity contribution in [3.8, 4) is 23.1 Å². The van der Waals surface area contributed by atoms with Crippen molar-refractivity contribution in [3.05, 3.63) is 40.5 Å². The largest absolute Gasteiger partial charge is 0.490 e. The Morgan fingerprint density at radius 2 is 1.80 bits per heavy atom. The number of hydrogen-bond acceptors (Lipinski definition) is 6. The van der Waals surface area contributed by atoms with Crippen LogP contribution in [0.2, 0.25) is 0 Å². The van der Waals surface area contributed by atoms with Crippen LogP contribution in [0.25, 0.3) is 0 Å². The monoisotopic (exact) mass is 478 g/mol. The Labute approximate surface area is 185 Å². The fourth-order valence-electron chi connectivity index (χ4n) is 3.32. The van der Waals surface area contributed by atoms with Gasteiger partial charge in [0.25, 0.3) is 5.91 Å². The number of likely N-dealkylation sites (tertiary alicyclic amines) is 1. The highest BCUT2D eigenvalue weighted by atomic mass is 79.9. The minimum absolute atomic E-state index is 0.0915. The van der Waals surface area contributed by atoms with Crippen molar-refractivity contribution in [2.75, 3.05) is 32.9 Å². The van der Waals surface area contributed by atoms with Crippen molar-refractivity contribution >= 4 is 21.8 Å². The van der Waals surface area contributed by atoms with Crippen LogP contribution >= 0.6 is 15.9 Å². The first-order chi connectivity index (χ1) is 14.6. The molecule has 0 saturated carbocycles. The van der Waals surface area contributed by atoms with Crippen LogP contribution in [0.3, 0.4) is 0 Å². The first-order valence-electron chi connectivity index (χ1n) is 10.2. The quantitative estimate of drug-likeness (QED) is 0.533. The second kappa shape index (κ2) is 10.5. The van der Waals surface area contributed by atoms with Gasteiger partial charge in [-0.1, -0.05) is 0 Å². The molecule has 1 amide bonds. The first-order valence-corrected chi connectivity index (χ1v) is 11.0. The van der Waals surface area contributed by atoms with Crippen LogP contribution in [0.1, 0.15) is 37.6 Å². The van der Waals surface area contributed by atoms with E-state index in [0.29, 0.717) is 61.6 Å². The molecule has 1 aromatic heterocycles. The Morgan fingerprint density at radius 3 is 2.40 bits per heavy atom. The lowest BCUT2D eigenvalue weighted by Crippen LogP contribution is -2.31. The average Bonchev–Trinajstić information content (AvgIpc) is 3.20. The van der Waals surface area contributed by atoms with E-state index in [1.807, 2.05) is 32.9 Å². The van der Waals surface area contributed by atoms with Gasteiger partial charge in [-0.25, -0.2) is 4.98 Å². The minimum atomic E-state index is -0.111. The van der Waals surface area contributed by atoms with E-state index in [0.717, 1.165) is 10.9 Å². The molecule has 2 aromatic rings. The number of benzene rings is 1. The minimum Gasteiger partial charge on any atom is -0.490 e. The summed E-state index contributed by atoms with van der Waals surface area (Å²) in [6, 6.07) is 7.16. The summed E-state index contributed by atoms with van der Waals surface area (Å²) in [5, 5.41) is 0. The van der Waals surface area contributed by atoms with E-state index in [4.69, 9.17) is 18.9 Å². The second-order valence-electron chi connectivity index (χ2n) is 6.67. The standard InChI is InChI=1S/C22H27BrN2O5/c1-4-27-18-12-15(13-19(28-5-2)20(18)29-6-3)22(26)25-11-9-16(14-25)30-21-17(23)8-7-10-24-21/h7-8,10,12-13,16H,4-6,9,11,14H2,1-3H3. The Bertz CT molecular complexity index is 849. The van der Waals surface area contributed by atoms with Gasteiger partial charge in [0, 0.05) is 24.7 Å². The number of carbonyl (C=O) groups is 1. The molecule has 1 fully saturated rings. The molecule has 1 aliphatic rings. The van der Waals surface area contributed by atoms with E-state index in [1.165, 1.54) is 0 Å². The predicted octanol–water partition coefficient (Wildman–Crippen LogP) is 4.33. The van der Waals surface area contributed by atoms with Gasteiger partial charge in [0.15, 0.2) is 11.5 Å². The average molecular weight is 479 g/mol. The summed E-state index contributed by atoms with van der Waals surface area (Å²) in [7, 11) is 0. The van der Waals surface area contributed by atoms with Crippen LogP contribution < -0.4 is 18.9 Å². The molecule has 1 unspecified atom stereocenters. The van der Waals surface area contributed by atoms with E-state index >= 15 is 0 Å². The zero-order chi connectivity index (χ0) is 21.5. The number of rotatable bonds is 9. The molecule has 2 heterocycles. The SMILES string of the molecule is CCOc1cc(C(=O)N2CCC(Oc3ncccc3Br)C2)cc(OCC)c1OCC. The Balaban J connectivity index is 1.78. The van der Waals surface area contributed by atoms with Gasteiger partial charge in [0.1, 0.15) is 6.10 Å². The number of nitrogens with zero attached hydrogens (tertiary/aromatic N) is 2. The maximum absolute atomic E-state index is 13.2. The van der Waals surface area contributed by atoms with Crippen LogP contribution in [0.4, 0.5) is 0 Å². The molecule has 0 N–H and O–H groups in total. The van der Waals surface area contributed by atoms with Crippen LogP contribution in [0, 0.1) is 0 Å². The Morgan fingerprint density at radius 1 is 1.13 bits per heavy atom. The molecule has 0 radical (unpaired) electrons. The lowest BCUT2D eigenvalue weighted by atomic mass is 10.1. The molecule has 0 bridgehead atoms. The number of halogens is 1. The zero-order valence-electron chi connectivity index (χ0n) is 17.5. The summed E-state index contributed by atoms with van der Waals surface area (Å²) in [5.74, 6) is 2.00. The first kappa shape index (κ1) is 22.2. The molecule has 8 heteroatoms. The summed E-state index contributed by atoms with van der Waals surface area (Å²) in [5.41, 5.74) is 0.505. The molecule has 0 spiro atoms. The van der Waals surface area contributed by atoms with Gasteiger partial charge in [-0.2, -0.15) is 0 Å². The molecule has 1 aromatic carbocycles. The Kier molecular flexibility index (Phi) is 7.79. The lowest BCUT2D eigenvalue weighted by Gasteiger charge is -2.20. The van der Waals surface area contributed by atoms with Gasteiger partial charge < -0.3 is 23.8 Å². The van der Waals surface area contributed by atoms with Gasteiger partial charge in [0.2, 0.25) is 11.6 Å². The molecule has 0 aliphatic carbocycles. The van der Waals surface area contributed by atoms with E-state index in [2.05, 4.69) is 20.9 Å². The second-order valence-corrected chi connectivity index (χ2v) is 7.53. The van der Waals surface area contributed by atoms with Gasteiger partial charge in [-0.15, -0.1) is 0 Å².